The maximum Gasteiger partial charge on any atom is 0.316 e. The van der Waals surface area contributed by atoms with Crippen LogP contribution in [0.3, 0.4) is 0 Å². The van der Waals surface area contributed by atoms with Crippen LogP contribution >= 0.6 is 15.9 Å². The predicted octanol–water partition coefficient (Wildman–Crippen LogP) is 3.28. The second-order valence-corrected chi connectivity index (χ2v) is 5.38. The predicted molar refractivity (Wildman–Crippen MR) is 87.2 cm³/mol. The lowest BCUT2D eigenvalue weighted by Crippen LogP contribution is -2.19. The summed E-state index contributed by atoms with van der Waals surface area (Å²) < 4.78 is 0.965. The quantitative estimate of drug-likeness (QED) is 0.491. The van der Waals surface area contributed by atoms with Crippen molar-refractivity contribution in [2.24, 2.45) is 5.84 Å². The van der Waals surface area contributed by atoms with Gasteiger partial charge < -0.3 is 10.3 Å². The summed E-state index contributed by atoms with van der Waals surface area (Å²) in [6, 6.07) is 12.8. The normalized spacial score (nSPS) is 10.2. The molecule has 2 aromatic rings. The molecule has 0 atom stereocenters. The van der Waals surface area contributed by atoms with Crippen LogP contribution in [0.15, 0.2) is 46.9 Å². The molecule has 110 valence electrons. The molecule has 2 rings (SSSR count). The number of anilines is 2. The van der Waals surface area contributed by atoms with Crippen LogP contribution in [0, 0.1) is 10.1 Å². The van der Waals surface area contributed by atoms with Gasteiger partial charge in [0.25, 0.3) is 0 Å². The molecule has 7 heteroatoms. The minimum atomic E-state index is -0.429. The number of benzene rings is 2. The van der Waals surface area contributed by atoms with E-state index in [1.165, 1.54) is 0 Å². The van der Waals surface area contributed by atoms with Crippen molar-refractivity contribution in [3.63, 3.8) is 0 Å². The first-order valence-corrected chi connectivity index (χ1v) is 7.02. The van der Waals surface area contributed by atoms with Gasteiger partial charge >= 0.3 is 5.69 Å². The molecule has 6 nitrogen and oxygen atoms in total. The third-order valence-electron chi connectivity index (χ3n) is 3.13. The van der Waals surface area contributed by atoms with Gasteiger partial charge in [-0.25, -0.2) is 0 Å². The number of hydrogen-bond acceptors (Lipinski definition) is 5. The summed E-state index contributed by atoms with van der Waals surface area (Å²) in [6.45, 7) is 0.538. The summed E-state index contributed by atoms with van der Waals surface area (Å²) in [4.78, 5) is 12.7. The number of hydrogen-bond donors (Lipinski definition) is 2. The minimum absolute atomic E-state index is 0.0328. The van der Waals surface area contributed by atoms with E-state index in [1.807, 2.05) is 36.2 Å². The van der Waals surface area contributed by atoms with Crippen LogP contribution < -0.4 is 16.2 Å². The van der Waals surface area contributed by atoms with Gasteiger partial charge in [0.2, 0.25) is 0 Å². The Morgan fingerprint density at radius 1 is 1.29 bits per heavy atom. The Hall–Kier alpha value is -2.12. The van der Waals surface area contributed by atoms with E-state index >= 15 is 0 Å². The lowest BCUT2D eigenvalue weighted by Gasteiger charge is -2.21. The Bertz CT molecular complexity index is 663. The van der Waals surface area contributed by atoms with Crippen molar-refractivity contribution in [2.75, 3.05) is 17.4 Å². The van der Waals surface area contributed by atoms with E-state index in [9.17, 15) is 10.1 Å². The molecule has 0 fully saturated rings. The molecule has 21 heavy (non-hydrogen) atoms. The number of nitrogens with one attached hydrogen (secondary N) is 1. The van der Waals surface area contributed by atoms with E-state index in [0.717, 1.165) is 10.0 Å². The van der Waals surface area contributed by atoms with Crippen molar-refractivity contribution in [1.29, 1.82) is 0 Å². The summed E-state index contributed by atoms with van der Waals surface area (Å²) in [6.07, 6.45) is 0. The van der Waals surface area contributed by atoms with E-state index in [2.05, 4.69) is 21.4 Å². The molecule has 0 aliphatic heterocycles. The summed E-state index contributed by atoms with van der Waals surface area (Å²) in [5, 5.41) is 11.3. The van der Waals surface area contributed by atoms with Gasteiger partial charge in [0.15, 0.2) is 0 Å². The Labute approximate surface area is 130 Å². The number of hydrazine groups is 1. The lowest BCUT2D eigenvalue weighted by atomic mass is 10.1. The number of rotatable bonds is 5. The summed E-state index contributed by atoms with van der Waals surface area (Å²) in [7, 11) is 1.81. The fraction of sp³-hybridized carbons (Fsp3) is 0.143. The van der Waals surface area contributed by atoms with Crippen molar-refractivity contribution >= 4 is 33.0 Å². The molecule has 0 bridgehead atoms. The molecular weight excluding hydrogens is 336 g/mol. The largest absolute Gasteiger partial charge is 0.365 e. The average molecular weight is 351 g/mol. The highest BCUT2D eigenvalue weighted by molar-refractivity contribution is 9.10. The molecule has 2 aromatic carbocycles. The van der Waals surface area contributed by atoms with E-state index in [1.54, 1.807) is 18.2 Å². The van der Waals surface area contributed by atoms with Crippen LogP contribution in [0.2, 0.25) is 0 Å². The van der Waals surface area contributed by atoms with Crippen LogP contribution in [0.5, 0.6) is 0 Å². The third-order valence-corrected chi connectivity index (χ3v) is 3.90. The zero-order valence-electron chi connectivity index (χ0n) is 11.4. The third kappa shape index (κ3) is 3.32. The van der Waals surface area contributed by atoms with Crippen molar-refractivity contribution in [3.05, 3.63) is 62.6 Å². The molecule has 0 aromatic heterocycles. The van der Waals surface area contributed by atoms with Gasteiger partial charge in [0.1, 0.15) is 11.4 Å². The molecule has 3 N–H and O–H groups in total. The monoisotopic (exact) mass is 350 g/mol. The highest BCUT2D eigenvalue weighted by atomic mass is 79.9. The second kappa shape index (κ2) is 6.55. The van der Waals surface area contributed by atoms with E-state index in [4.69, 9.17) is 5.84 Å². The first-order chi connectivity index (χ1) is 10.0. The SMILES string of the molecule is CN(Cc1ccccc1Br)c1cccc(NN)c1[N+](=O)[O-]. The van der Waals surface area contributed by atoms with Gasteiger partial charge in [-0.2, -0.15) is 0 Å². The van der Waals surface area contributed by atoms with Crippen LogP contribution in [0.4, 0.5) is 17.1 Å². The Morgan fingerprint density at radius 2 is 2.00 bits per heavy atom. The molecular formula is C14H15BrN4O2. The van der Waals surface area contributed by atoms with Gasteiger partial charge in [0, 0.05) is 18.1 Å². The number of para-hydroxylation sites is 1. The van der Waals surface area contributed by atoms with Gasteiger partial charge in [-0.1, -0.05) is 40.2 Å². The molecule has 0 radical (unpaired) electrons. The van der Waals surface area contributed by atoms with E-state index in [0.29, 0.717) is 12.2 Å². The molecule has 0 saturated heterocycles. The van der Waals surface area contributed by atoms with Crippen molar-refractivity contribution in [3.8, 4) is 0 Å². The number of nitrogens with two attached hydrogens (primary N) is 1. The molecule has 0 unspecified atom stereocenters. The van der Waals surface area contributed by atoms with Gasteiger partial charge in [-0.3, -0.25) is 16.0 Å². The Kier molecular flexibility index (Phi) is 4.77. The van der Waals surface area contributed by atoms with Gasteiger partial charge in [0.05, 0.1) is 4.92 Å². The topological polar surface area (TPSA) is 84.4 Å². The van der Waals surface area contributed by atoms with E-state index < -0.39 is 4.92 Å². The first-order valence-electron chi connectivity index (χ1n) is 6.23. The summed E-state index contributed by atoms with van der Waals surface area (Å²) in [5.74, 6) is 5.35. The number of nitro groups is 1. The van der Waals surface area contributed by atoms with Gasteiger partial charge in [-0.15, -0.1) is 0 Å². The molecule has 0 heterocycles. The zero-order chi connectivity index (χ0) is 15.4. The number of nitro benzene ring substituents is 1. The summed E-state index contributed by atoms with van der Waals surface area (Å²) >= 11 is 3.48. The van der Waals surface area contributed by atoms with Crippen molar-refractivity contribution in [1.82, 2.24) is 0 Å². The van der Waals surface area contributed by atoms with Crippen LogP contribution in [0.25, 0.3) is 0 Å². The first kappa shape index (κ1) is 15.3. The fourth-order valence-corrected chi connectivity index (χ4v) is 2.53. The van der Waals surface area contributed by atoms with Crippen LogP contribution in [0.1, 0.15) is 5.56 Å². The Morgan fingerprint density at radius 3 is 2.62 bits per heavy atom. The van der Waals surface area contributed by atoms with Crippen molar-refractivity contribution in [2.45, 2.75) is 6.54 Å². The maximum absolute atomic E-state index is 11.3. The zero-order valence-corrected chi connectivity index (χ0v) is 13.0. The molecule has 0 aliphatic rings. The van der Waals surface area contributed by atoms with Crippen molar-refractivity contribution < 1.29 is 4.92 Å². The molecule has 0 spiro atoms. The molecule has 0 saturated carbocycles. The minimum Gasteiger partial charge on any atom is -0.365 e. The highest BCUT2D eigenvalue weighted by Crippen LogP contribution is 2.35. The van der Waals surface area contributed by atoms with Crippen LogP contribution in [-0.2, 0) is 6.54 Å². The fourth-order valence-electron chi connectivity index (χ4n) is 2.12. The second-order valence-electron chi connectivity index (χ2n) is 4.52. The maximum atomic E-state index is 11.3. The molecule has 0 amide bonds. The lowest BCUT2D eigenvalue weighted by molar-refractivity contribution is -0.383. The van der Waals surface area contributed by atoms with E-state index in [-0.39, 0.29) is 11.4 Å². The summed E-state index contributed by atoms with van der Waals surface area (Å²) in [5.41, 5.74) is 4.17. The Balaban J connectivity index is 2.37. The standard InChI is InChI=1S/C14H15BrN4O2/c1-18(9-10-5-2-3-6-11(10)15)13-8-4-7-12(17-16)14(13)19(20)21/h2-8,17H,9,16H2,1H3. The molecule has 0 aliphatic carbocycles. The van der Waals surface area contributed by atoms with Gasteiger partial charge in [-0.05, 0) is 23.8 Å². The smallest absolute Gasteiger partial charge is 0.316 e. The van der Waals surface area contributed by atoms with Crippen LogP contribution in [-0.4, -0.2) is 12.0 Å². The highest BCUT2D eigenvalue weighted by Gasteiger charge is 2.22. The number of halogens is 1. The number of nitrogens with zero attached hydrogens (tertiary/aromatic N) is 2. The average Bonchev–Trinajstić information content (AvgIpc) is 2.48. The number of nitrogen functional groups attached to an aromatic ring is 1.